The SMILES string of the molecule is CCOC(=O)c1cnn2ccc(Br)c(Cl)c12. The van der Waals surface area contributed by atoms with E-state index >= 15 is 0 Å². The second-order valence-corrected chi connectivity index (χ2v) is 4.28. The van der Waals surface area contributed by atoms with E-state index in [2.05, 4.69) is 21.0 Å². The number of ether oxygens (including phenoxy) is 1. The Bertz CT molecular complexity index is 553. The number of fused-ring (bicyclic) bond motifs is 1. The molecule has 4 nitrogen and oxygen atoms in total. The molecule has 2 rings (SSSR count). The van der Waals surface area contributed by atoms with Gasteiger partial charge in [-0.3, -0.25) is 0 Å². The quantitative estimate of drug-likeness (QED) is 0.801. The van der Waals surface area contributed by atoms with Gasteiger partial charge in [-0.1, -0.05) is 11.6 Å². The van der Waals surface area contributed by atoms with E-state index in [4.69, 9.17) is 16.3 Å². The predicted molar refractivity (Wildman–Crippen MR) is 63.9 cm³/mol. The number of carbonyl (C=O) groups is 1. The van der Waals surface area contributed by atoms with Crippen LogP contribution in [-0.4, -0.2) is 22.2 Å². The van der Waals surface area contributed by atoms with Crippen LogP contribution < -0.4 is 0 Å². The second kappa shape index (κ2) is 4.43. The Morgan fingerprint density at radius 2 is 2.44 bits per heavy atom. The van der Waals surface area contributed by atoms with Gasteiger partial charge >= 0.3 is 5.97 Å². The normalized spacial score (nSPS) is 10.7. The van der Waals surface area contributed by atoms with Crippen molar-refractivity contribution in [3.8, 4) is 0 Å². The molecule has 84 valence electrons. The Kier molecular flexibility index (Phi) is 3.16. The molecule has 0 atom stereocenters. The van der Waals surface area contributed by atoms with Crippen LogP contribution in [0.3, 0.4) is 0 Å². The molecule has 0 saturated carbocycles. The third-order valence-corrected chi connectivity index (χ3v) is 3.34. The van der Waals surface area contributed by atoms with Gasteiger partial charge in [0, 0.05) is 10.7 Å². The maximum Gasteiger partial charge on any atom is 0.342 e. The van der Waals surface area contributed by atoms with Crippen LogP contribution in [-0.2, 0) is 4.74 Å². The van der Waals surface area contributed by atoms with Crippen LogP contribution in [0.1, 0.15) is 17.3 Å². The van der Waals surface area contributed by atoms with Crippen LogP contribution in [0, 0.1) is 0 Å². The summed E-state index contributed by atoms with van der Waals surface area (Å²) in [4.78, 5) is 11.6. The van der Waals surface area contributed by atoms with E-state index < -0.39 is 5.97 Å². The molecular weight excluding hydrogens is 295 g/mol. The van der Waals surface area contributed by atoms with Crippen LogP contribution in [0.25, 0.3) is 5.52 Å². The fraction of sp³-hybridized carbons (Fsp3) is 0.200. The Morgan fingerprint density at radius 3 is 3.12 bits per heavy atom. The second-order valence-electron chi connectivity index (χ2n) is 3.05. The van der Waals surface area contributed by atoms with Crippen molar-refractivity contribution in [1.29, 1.82) is 0 Å². The number of carbonyl (C=O) groups excluding carboxylic acids is 1. The standard InChI is InChI=1S/C10H8BrClN2O2/c1-2-16-10(15)6-5-13-14-4-3-7(11)8(12)9(6)14/h3-5H,2H2,1H3. The first kappa shape index (κ1) is 11.4. The lowest BCUT2D eigenvalue weighted by Crippen LogP contribution is -2.04. The van der Waals surface area contributed by atoms with E-state index in [1.165, 1.54) is 6.20 Å². The van der Waals surface area contributed by atoms with Crippen molar-refractivity contribution in [3.05, 3.63) is 33.5 Å². The summed E-state index contributed by atoms with van der Waals surface area (Å²) >= 11 is 9.40. The summed E-state index contributed by atoms with van der Waals surface area (Å²) in [6, 6.07) is 1.76. The maximum atomic E-state index is 11.6. The summed E-state index contributed by atoms with van der Waals surface area (Å²) in [7, 11) is 0. The van der Waals surface area contributed by atoms with Crippen LogP contribution >= 0.6 is 27.5 Å². The van der Waals surface area contributed by atoms with Crippen molar-refractivity contribution in [3.63, 3.8) is 0 Å². The first-order valence-electron chi connectivity index (χ1n) is 4.63. The highest BCUT2D eigenvalue weighted by atomic mass is 79.9. The van der Waals surface area contributed by atoms with Crippen molar-refractivity contribution in [2.75, 3.05) is 6.61 Å². The molecule has 16 heavy (non-hydrogen) atoms. The van der Waals surface area contributed by atoms with E-state index in [9.17, 15) is 4.79 Å². The monoisotopic (exact) mass is 302 g/mol. The Hall–Kier alpha value is -1.07. The average molecular weight is 304 g/mol. The number of hydrogen-bond donors (Lipinski definition) is 0. The molecule has 0 spiro atoms. The largest absolute Gasteiger partial charge is 0.462 e. The van der Waals surface area contributed by atoms with Crippen molar-refractivity contribution in [2.45, 2.75) is 6.92 Å². The molecule has 0 unspecified atom stereocenters. The summed E-state index contributed by atoms with van der Waals surface area (Å²) < 4.78 is 7.18. The lowest BCUT2D eigenvalue weighted by molar-refractivity contribution is 0.0528. The number of hydrogen-bond acceptors (Lipinski definition) is 3. The summed E-state index contributed by atoms with van der Waals surface area (Å²) in [6.45, 7) is 2.07. The molecule has 0 fully saturated rings. The smallest absolute Gasteiger partial charge is 0.342 e. The lowest BCUT2D eigenvalue weighted by atomic mass is 10.2. The van der Waals surface area contributed by atoms with Crippen LogP contribution in [0.2, 0.25) is 5.02 Å². The highest BCUT2D eigenvalue weighted by Gasteiger charge is 2.17. The third kappa shape index (κ3) is 1.81. The molecule has 0 saturated heterocycles. The minimum atomic E-state index is -0.419. The maximum absolute atomic E-state index is 11.6. The van der Waals surface area contributed by atoms with E-state index in [0.29, 0.717) is 27.2 Å². The van der Waals surface area contributed by atoms with Gasteiger partial charge in [0.15, 0.2) is 0 Å². The zero-order chi connectivity index (χ0) is 11.7. The van der Waals surface area contributed by atoms with Crippen molar-refractivity contribution in [2.24, 2.45) is 0 Å². The molecular formula is C10H8BrClN2O2. The third-order valence-electron chi connectivity index (χ3n) is 2.07. The highest BCUT2D eigenvalue weighted by molar-refractivity contribution is 9.10. The molecule has 6 heteroatoms. The van der Waals surface area contributed by atoms with Crippen molar-refractivity contribution >= 4 is 39.0 Å². The molecule has 2 heterocycles. The molecule has 0 bridgehead atoms. The Balaban J connectivity index is 2.63. The number of pyridine rings is 1. The highest BCUT2D eigenvalue weighted by Crippen LogP contribution is 2.29. The van der Waals surface area contributed by atoms with E-state index in [1.54, 1.807) is 23.7 Å². The van der Waals surface area contributed by atoms with E-state index in [1.807, 2.05) is 0 Å². The zero-order valence-corrected chi connectivity index (χ0v) is 10.7. The molecule has 0 aliphatic heterocycles. The molecule has 0 aliphatic rings. The summed E-state index contributed by atoms with van der Waals surface area (Å²) in [5, 5.41) is 4.48. The first-order chi connectivity index (χ1) is 7.65. The molecule has 0 aliphatic carbocycles. The van der Waals surface area contributed by atoms with E-state index in [-0.39, 0.29) is 0 Å². The van der Waals surface area contributed by atoms with Crippen molar-refractivity contribution < 1.29 is 9.53 Å². The van der Waals surface area contributed by atoms with Gasteiger partial charge < -0.3 is 4.74 Å². The summed E-state index contributed by atoms with van der Waals surface area (Å²) in [6.07, 6.45) is 3.17. The zero-order valence-electron chi connectivity index (χ0n) is 8.41. The number of esters is 1. The predicted octanol–water partition coefficient (Wildman–Crippen LogP) is 2.93. The molecule has 0 radical (unpaired) electrons. The van der Waals surface area contributed by atoms with Gasteiger partial charge in [-0.2, -0.15) is 5.10 Å². The minimum Gasteiger partial charge on any atom is -0.462 e. The van der Waals surface area contributed by atoms with Crippen molar-refractivity contribution in [1.82, 2.24) is 9.61 Å². The van der Waals surface area contributed by atoms with Gasteiger partial charge in [0.25, 0.3) is 0 Å². The van der Waals surface area contributed by atoms with Gasteiger partial charge in [-0.05, 0) is 28.9 Å². The number of aromatic nitrogens is 2. The van der Waals surface area contributed by atoms with Gasteiger partial charge in [-0.15, -0.1) is 0 Å². The fourth-order valence-electron chi connectivity index (χ4n) is 1.37. The van der Waals surface area contributed by atoms with Gasteiger partial charge in [0.1, 0.15) is 11.1 Å². The Morgan fingerprint density at radius 1 is 1.69 bits per heavy atom. The molecule has 2 aromatic rings. The molecule has 2 aromatic heterocycles. The number of rotatable bonds is 2. The van der Waals surface area contributed by atoms with E-state index in [0.717, 1.165) is 0 Å². The minimum absolute atomic E-state index is 0.321. The summed E-state index contributed by atoms with van der Waals surface area (Å²) in [5.74, 6) is -0.419. The number of nitrogens with zero attached hydrogens (tertiary/aromatic N) is 2. The van der Waals surface area contributed by atoms with Gasteiger partial charge in [0.2, 0.25) is 0 Å². The van der Waals surface area contributed by atoms with Crippen LogP contribution in [0.4, 0.5) is 0 Å². The summed E-state index contributed by atoms with van der Waals surface area (Å²) in [5.41, 5.74) is 0.919. The lowest BCUT2D eigenvalue weighted by Gasteiger charge is -2.02. The molecule has 0 amide bonds. The Labute approximate surface area is 105 Å². The average Bonchev–Trinajstić information content (AvgIpc) is 2.68. The van der Waals surface area contributed by atoms with Gasteiger partial charge in [0.05, 0.1) is 17.8 Å². The molecule has 0 N–H and O–H groups in total. The number of halogens is 2. The van der Waals surface area contributed by atoms with Crippen LogP contribution in [0.5, 0.6) is 0 Å². The topological polar surface area (TPSA) is 43.6 Å². The molecule has 0 aromatic carbocycles. The fourth-order valence-corrected chi connectivity index (χ4v) is 1.93. The van der Waals surface area contributed by atoms with Gasteiger partial charge in [-0.25, -0.2) is 9.31 Å². The van der Waals surface area contributed by atoms with Crippen LogP contribution in [0.15, 0.2) is 22.9 Å². The first-order valence-corrected chi connectivity index (χ1v) is 5.80.